The van der Waals surface area contributed by atoms with Crippen LogP contribution in [0.25, 0.3) is 0 Å². The van der Waals surface area contributed by atoms with Crippen LogP contribution in [0.15, 0.2) is 36.5 Å². The van der Waals surface area contributed by atoms with Gasteiger partial charge in [0.25, 0.3) is 0 Å². The molecule has 1 aliphatic carbocycles. The van der Waals surface area contributed by atoms with Gasteiger partial charge < -0.3 is 15.4 Å². The summed E-state index contributed by atoms with van der Waals surface area (Å²) in [4.78, 5) is 3.61. The minimum atomic E-state index is -0.579. The van der Waals surface area contributed by atoms with Crippen molar-refractivity contribution in [1.29, 1.82) is 0 Å². The Hall–Kier alpha value is -1.76. The van der Waals surface area contributed by atoms with Crippen molar-refractivity contribution in [3.05, 3.63) is 59.4 Å². The van der Waals surface area contributed by atoms with Crippen LogP contribution in [-0.4, -0.2) is 30.7 Å². The van der Waals surface area contributed by atoms with Crippen LogP contribution in [0.1, 0.15) is 42.7 Å². The minimum absolute atomic E-state index is 0. The molecular formula is C22H28ClF2N3O. The zero-order valence-corrected chi connectivity index (χ0v) is 17.2. The number of aromatic nitrogens is 1. The Bertz CT molecular complexity index is 801. The van der Waals surface area contributed by atoms with Crippen molar-refractivity contribution in [3.8, 4) is 5.75 Å². The molecule has 2 heterocycles. The molecule has 0 unspecified atom stereocenters. The van der Waals surface area contributed by atoms with Gasteiger partial charge in [0.15, 0.2) is 11.6 Å². The van der Waals surface area contributed by atoms with E-state index in [0.717, 1.165) is 37.5 Å². The minimum Gasteiger partial charge on any atom is -0.485 e. The second kappa shape index (κ2) is 10.3. The third-order valence-electron chi connectivity index (χ3n) is 5.81. The van der Waals surface area contributed by atoms with Crippen molar-refractivity contribution < 1.29 is 13.5 Å². The highest BCUT2D eigenvalue weighted by molar-refractivity contribution is 5.85. The lowest BCUT2D eigenvalue weighted by atomic mass is 9.95. The molecule has 0 radical (unpaired) electrons. The highest BCUT2D eigenvalue weighted by atomic mass is 35.5. The second-order valence-corrected chi connectivity index (χ2v) is 7.79. The second-order valence-electron chi connectivity index (χ2n) is 7.79. The van der Waals surface area contributed by atoms with E-state index in [0.29, 0.717) is 11.6 Å². The summed E-state index contributed by atoms with van der Waals surface area (Å²) < 4.78 is 33.8. The highest BCUT2D eigenvalue weighted by Gasteiger charge is 2.40. The number of hydrogen-bond donors (Lipinski definition) is 2. The molecule has 2 atom stereocenters. The molecule has 1 aromatic heterocycles. The van der Waals surface area contributed by atoms with Gasteiger partial charge in [-0.3, -0.25) is 0 Å². The van der Waals surface area contributed by atoms with Crippen molar-refractivity contribution >= 4 is 12.4 Å². The van der Waals surface area contributed by atoms with Gasteiger partial charge in [0.2, 0.25) is 5.95 Å². The van der Waals surface area contributed by atoms with E-state index in [4.69, 9.17) is 4.74 Å². The molecule has 2 aromatic rings. The van der Waals surface area contributed by atoms with E-state index < -0.39 is 11.8 Å². The van der Waals surface area contributed by atoms with E-state index in [1.165, 1.54) is 31.5 Å². The number of piperidine rings is 1. The first kappa shape index (κ1) is 21.9. The number of benzene rings is 1. The van der Waals surface area contributed by atoms with E-state index in [9.17, 15) is 8.78 Å². The zero-order valence-electron chi connectivity index (χ0n) is 16.4. The Labute approximate surface area is 176 Å². The number of ether oxygens (including phenoxy) is 1. The summed E-state index contributed by atoms with van der Waals surface area (Å²) >= 11 is 0. The standard InChI is InChI=1S/C22H27F2N3O.ClH/c23-19-5-1-4-17(21(19)28-14-16-3-2-9-27-22(16)24)18-13-20(18)26-12-8-15-6-10-25-11-7-15;/h1-5,9,15,18,20,25-26H,6-8,10-14H2;1H/t18-,20+;/m0./s1. The third kappa shape index (κ3) is 5.65. The zero-order chi connectivity index (χ0) is 19.3. The summed E-state index contributed by atoms with van der Waals surface area (Å²) in [5, 5.41) is 7.01. The van der Waals surface area contributed by atoms with Crippen molar-refractivity contribution in [2.24, 2.45) is 5.92 Å². The fourth-order valence-corrected chi connectivity index (χ4v) is 4.05. The van der Waals surface area contributed by atoms with Crippen molar-refractivity contribution in [2.45, 2.75) is 44.2 Å². The molecule has 0 bridgehead atoms. The maximum atomic E-state index is 14.4. The van der Waals surface area contributed by atoms with Crippen LogP contribution in [0.3, 0.4) is 0 Å². The molecule has 2 fully saturated rings. The van der Waals surface area contributed by atoms with Crippen LogP contribution < -0.4 is 15.4 Å². The van der Waals surface area contributed by atoms with E-state index >= 15 is 0 Å². The van der Waals surface area contributed by atoms with E-state index in [-0.39, 0.29) is 30.7 Å². The van der Waals surface area contributed by atoms with Gasteiger partial charge in [-0.15, -0.1) is 12.4 Å². The number of pyridine rings is 1. The fourth-order valence-electron chi connectivity index (χ4n) is 4.05. The van der Waals surface area contributed by atoms with Crippen molar-refractivity contribution in [1.82, 2.24) is 15.6 Å². The molecule has 4 rings (SSSR count). The maximum Gasteiger partial charge on any atom is 0.219 e. The molecule has 1 saturated carbocycles. The van der Waals surface area contributed by atoms with Gasteiger partial charge in [-0.25, -0.2) is 9.37 Å². The number of nitrogens with zero attached hydrogens (tertiary/aromatic N) is 1. The molecule has 2 N–H and O–H groups in total. The summed E-state index contributed by atoms with van der Waals surface area (Å²) in [5.41, 5.74) is 1.19. The smallest absolute Gasteiger partial charge is 0.219 e. The first-order valence-electron chi connectivity index (χ1n) is 10.2. The SMILES string of the molecule is Cl.Fc1cccc([C@@H]2C[C@H]2NCCC2CCNCC2)c1OCc1cccnc1F. The summed E-state index contributed by atoms with van der Waals surface area (Å²) in [6.07, 6.45) is 6.06. The largest absolute Gasteiger partial charge is 0.485 e. The van der Waals surface area contributed by atoms with Gasteiger partial charge in [-0.1, -0.05) is 12.1 Å². The molecule has 29 heavy (non-hydrogen) atoms. The lowest BCUT2D eigenvalue weighted by Gasteiger charge is -2.22. The Morgan fingerprint density at radius 1 is 1.14 bits per heavy atom. The summed E-state index contributed by atoms with van der Waals surface area (Å²) in [5.74, 6) is 0.302. The molecule has 1 saturated heterocycles. The predicted molar refractivity (Wildman–Crippen MR) is 112 cm³/mol. The number of halogens is 3. The van der Waals surface area contributed by atoms with Crippen molar-refractivity contribution in [2.75, 3.05) is 19.6 Å². The Morgan fingerprint density at radius 2 is 1.97 bits per heavy atom. The Kier molecular flexibility index (Phi) is 7.81. The molecule has 158 valence electrons. The summed E-state index contributed by atoms with van der Waals surface area (Å²) in [7, 11) is 0. The number of hydrogen-bond acceptors (Lipinski definition) is 4. The quantitative estimate of drug-likeness (QED) is 0.625. The molecule has 1 aliphatic heterocycles. The topological polar surface area (TPSA) is 46.2 Å². The highest BCUT2D eigenvalue weighted by Crippen LogP contribution is 2.45. The van der Waals surface area contributed by atoms with Crippen LogP contribution in [0, 0.1) is 17.7 Å². The van der Waals surface area contributed by atoms with Crippen molar-refractivity contribution in [3.63, 3.8) is 0 Å². The first-order chi connectivity index (χ1) is 13.7. The number of rotatable bonds is 8. The summed E-state index contributed by atoms with van der Waals surface area (Å²) in [6.45, 7) is 3.21. The Balaban J connectivity index is 0.00000240. The normalized spacial score (nSPS) is 21.4. The third-order valence-corrected chi connectivity index (χ3v) is 5.81. The van der Waals surface area contributed by atoms with E-state index in [2.05, 4.69) is 15.6 Å². The van der Waals surface area contributed by atoms with E-state index in [1.807, 2.05) is 6.07 Å². The van der Waals surface area contributed by atoms with Crippen LogP contribution in [0.2, 0.25) is 0 Å². The van der Waals surface area contributed by atoms with Crippen LogP contribution in [0.5, 0.6) is 5.75 Å². The lowest BCUT2D eigenvalue weighted by Crippen LogP contribution is -2.30. The number of nitrogens with one attached hydrogen (secondary N) is 2. The monoisotopic (exact) mass is 423 g/mol. The Morgan fingerprint density at radius 3 is 2.76 bits per heavy atom. The molecular weight excluding hydrogens is 396 g/mol. The number of para-hydroxylation sites is 1. The molecule has 0 spiro atoms. The van der Waals surface area contributed by atoms with Gasteiger partial charge in [-0.05, 0) is 69.4 Å². The maximum absolute atomic E-state index is 14.4. The molecule has 2 aliphatic rings. The molecule has 1 aromatic carbocycles. The van der Waals surface area contributed by atoms with Gasteiger partial charge in [0.05, 0.1) is 0 Å². The predicted octanol–water partition coefficient (Wildman–Crippen LogP) is 4.20. The average molecular weight is 424 g/mol. The van der Waals surface area contributed by atoms with Crippen LogP contribution in [-0.2, 0) is 6.61 Å². The fraction of sp³-hybridized carbons (Fsp3) is 0.500. The van der Waals surface area contributed by atoms with Crippen LogP contribution >= 0.6 is 12.4 Å². The van der Waals surface area contributed by atoms with Gasteiger partial charge in [-0.2, -0.15) is 4.39 Å². The van der Waals surface area contributed by atoms with Crippen LogP contribution in [0.4, 0.5) is 8.78 Å². The molecule has 0 amide bonds. The van der Waals surface area contributed by atoms with Gasteiger partial charge in [0, 0.05) is 29.3 Å². The molecule has 7 heteroatoms. The van der Waals surface area contributed by atoms with Gasteiger partial charge >= 0.3 is 0 Å². The average Bonchev–Trinajstić information content (AvgIpc) is 3.48. The molecule has 4 nitrogen and oxygen atoms in total. The summed E-state index contributed by atoms with van der Waals surface area (Å²) in [6, 6.07) is 8.63. The van der Waals surface area contributed by atoms with Gasteiger partial charge in [0.1, 0.15) is 6.61 Å². The van der Waals surface area contributed by atoms with E-state index in [1.54, 1.807) is 18.2 Å². The first-order valence-corrected chi connectivity index (χ1v) is 10.2. The lowest BCUT2D eigenvalue weighted by molar-refractivity contribution is 0.279.